The third-order valence-corrected chi connectivity index (χ3v) is 3.30. The maximum atomic E-state index is 10.3. The molecule has 1 aliphatic rings. The standard InChI is InChI=1S/C15H15NO2/c1-10-6-7-12(9-16-10)15(17)14-8-11-4-2-3-5-13(11)18-14/h2-7,9,14-15,17H,8H2,1H3. The van der Waals surface area contributed by atoms with E-state index in [0.717, 1.165) is 29.0 Å². The maximum Gasteiger partial charge on any atom is 0.133 e. The molecule has 2 atom stereocenters. The number of aryl methyl sites for hydroxylation is 1. The van der Waals surface area contributed by atoms with E-state index < -0.39 is 6.10 Å². The lowest BCUT2D eigenvalue weighted by Crippen LogP contribution is -2.23. The van der Waals surface area contributed by atoms with Crippen molar-refractivity contribution < 1.29 is 9.84 Å². The second-order valence-electron chi connectivity index (χ2n) is 4.65. The number of benzene rings is 1. The van der Waals surface area contributed by atoms with E-state index in [2.05, 4.69) is 4.98 Å². The molecule has 2 unspecified atom stereocenters. The molecular weight excluding hydrogens is 226 g/mol. The van der Waals surface area contributed by atoms with Crippen LogP contribution in [-0.2, 0) is 6.42 Å². The Morgan fingerprint density at radius 3 is 2.83 bits per heavy atom. The van der Waals surface area contributed by atoms with E-state index in [-0.39, 0.29) is 6.10 Å². The molecule has 1 aromatic carbocycles. The van der Waals surface area contributed by atoms with E-state index in [0.29, 0.717) is 0 Å². The molecule has 3 nitrogen and oxygen atoms in total. The van der Waals surface area contributed by atoms with E-state index >= 15 is 0 Å². The summed E-state index contributed by atoms with van der Waals surface area (Å²) in [5, 5.41) is 10.3. The van der Waals surface area contributed by atoms with Gasteiger partial charge < -0.3 is 9.84 Å². The lowest BCUT2D eigenvalue weighted by molar-refractivity contribution is 0.0489. The number of aliphatic hydroxyl groups excluding tert-OH is 1. The number of para-hydroxylation sites is 1. The molecule has 18 heavy (non-hydrogen) atoms. The normalized spacial score (nSPS) is 19.1. The molecule has 3 rings (SSSR count). The van der Waals surface area contributed by atoms with Crippen LogP contribution in [0.4, 0.5) is 0 Å². The average molecular weight is 241 g/mol. The second-order valence-corrected chi connectivity index (χ2v) is 4.65. The fraction of sp³-hybridized carbons (Fsp3) is 0.267. The van der Waals surface area contributed by atoms with Gasteiger partial charge in [-0.15, -0.1) is 0 Å². The molecule has 92 valence electrons. The average Bonchev–Trinajstić information content (AvgIpc) is 2.82. The van der Waals surface area contributed by atoms with Crippen LogP contribution in [0.3, 0.4) is 0 Å². The van der Waals surface area contributed by atoms with Gasteiger partial charge in [-0.1, -0.05) is 24.3 Å². The van der Waals surface area contributed by atoms with Gasteiger partial charge in [0.25, 0.3) is 0 Å². The third kappa shape index (κ3) is 1.97. The molecule has 0 bridgehead atoms. The van der Waals surface area contributed by atoms with Gasteiger partial charge in [0.1, 0.15) is 18.0 Å². The summed E-state index contributed by atoms with van der Waals surface area (Å²) in [6.07, 6.45) is 1.61. The van der Waals surface area contributed by atoms with E-state index in [1.807, 2.05) is 43.3 Å². The monoisotopic (exact) mass is 241 g/mol. The largest absolute Gasteiger partial charge is 0.487 e. The minimum Gasteiger partial charge on any atom is -0.487 e. The Morgan fingerprint density at radius 1 is 1.28 bits per heavy atom. The van der Waals surface area contributed by atoms with Gasteiger partial charge in [-0.2, -0.15) is 0 Å². The Hall–Kier alpha value is -1.87. The first-order chi connectivity index (χ1) is 8.74. The zero-order chi connectivity index (χ0) is 12.5. The van der Waals surface area contributed by atoms with Crippen molar-refractivity contribution in [3.63, 3.8) is 0 Å². The first-order valence-corrected chi connectivity index (χ1v) is 6.09. The highest BCUT2D eigenvalue weighted by Crippen LogP contribution is 2.33. The number of nitrogens with zero attached hydrogens (tertiary/aromatic N) is 1. The predicted octanol–water partition coefficient (Wildman–Crippen LogP) is 2.43. The molecule has 0 amide bonds. The smallest absolute Gasteiger partial charge is 0.133 e. The van der Waals surface area contributed by atoms with Gasteiger partial charge in [-0.25, -0.2) is 0 Å². The topological polar surface area (TPSA) is 42.4 Å². The Morgan fingerprint density at radius 2 is 2.11 bits per heavy atom. The van der Waals surface area contributed by atoms with Crippen LogP contribution in [0.2, 0.25) is 0 Å². The second kappa shape index (κ2) is 4.42. The van der Waals surface area contributed by atoms with E-state index in [9.17, 15) is 5.11 Å². The van der Waals surface area contributed by atoms with Crippen LogP contribution in [-0.4, -0.2) is 16.2 Å². The van der Waals surface area contributed by atoms with Crippen LogP contribution in [0.15, 0.2) is 42.6 Å². The summed E-state index contributed by atoms with van der Waals surface area (Å²) in [7, 11) is 0. The number of rotatable bonds is 2. The Labute approximate surface area is 106 Å². The van der Waals surface area contributed by atoms with Gasteiger partial charge in [0, 0.05) is 23.9 Å². The SMILES string of the molecule is Cc1ccc(C(O)C2Cc3ccccc3O2)cn1. The summed E-state index contributed by atoms with van der Waals surface area (Å²) < 4.78 is 5.78. The van der Waals surface area contributed by atoms with Gasteiger partial charge >= 0.3 is 0 Å². The molecular formula is C15H15NO2. The molecule has 0 fully saturated rings. The fourth-order valence-corrected chi connectivity index (χ4v) is 2.25. The van der Waals surface area contributed by atoms with Crippen molar-refractivity contribution in [3.8, 4) is 5.75 Å². The van der Waals surface area contributed by atoms with Gasteiger partial charge in [0.2, 0.25) is 0 Å². The zero-order valence-corrected chi connectivity index (χ0v) is 10.2. The van der Waals surface area contributed by atoms with Crippen molar-refractivity contribution in [2.75, 3.05) is 0 Å². The van der Waals surface area contributed by atoms with Gasteiger partial charge in [-0.05, 0) is 24.6 Å². The summed E-state index contributed by atoms with van der Waals surface area (Å²) in [5.74, 6) is 0.877. The molecule has 0 aliphatic carbocycles. The molecule has 2 aromatic rings. The van der Waals surface area contributed by atoms with Crippen molar-refractivity contribution >= 4 is 0 Å². The molecule has 0 saturated heterocycles. The summed E-state index contributed by atoms with van der Waals surface area (Å²) in [4.78, 5) is 4.21. The van der Waals surface area contributed by atoms with Crippen molar-refractivity contribution in [1.82, 2.24) is 4.98 Å². The first-order valence-electron chi connectivity index (χ1n) is 6.09. The van der Waals surface area contributed by atoms with Gasteiger partial charge in [-0.3, -0.25) is 4.98 Å². The molecule has 1 N–H and O–H groups in total. The van der Waals surface area contributed by atoms with Crippen LogP contribution < -0.4 is 4.74 Å². The van der Waals surface area contributed by atoms with Crippen molar-refractivity contribution in [1.29, 1.82) is 0 Å². The number of aromatic nitrogens is 1. The Kier molecular flexibility index (Phi) is 2.76. The predicted molar refractivity (Wildman–Crippen MR) is 68.5 cm³/mol. The number of hydrogen-bond donors (Lipinski definition) is 1. The summed E-state index contributed by atoms with van der Waals surface area (Å²) in [5.41, 5.74) is 2.90. The highest BCUT2D eigenvalue weighted by atomic mass is 16.5. The third-order valence-electron chi connectivity index (χ3n) is 3.30. The molecule has 1 aliphatic heterocycles. The van der Waals surface area contributed by atoms with Crippen molar-refractivity contribution in [3.05, 3.63) is 59.4 Å². The molecule has 0 radical (unpaired) electrons. The lowest BCUT2D eigenvalue weighted by Gasteiger charge is -2.18. The first kappa shape index (κ1) is 11.2. The summed E-state index contributed by atoms with van der Waals surface area (Å²) in [6.45, 7) is 1.93. The van der Waals surface area contributed by atoms with Crippen LogP contribution in [0.25, 0.3) is 0 Å². The van der Waals surface area contributed by atoms with E-state index in [1.165, 1.54) is 0 Å². The minimum atomic E-state index is -0.634. The molecule has 2 heterocycles. The quantitative estimate of drug-likeness (QED) is 0.878. The Balaban J connectivity index is 1.80. The van der Waals surface area contributed by atoms with E-state index in [4.69, 9.17) is 4.74 Å². The molecule has 0 spiro atoms. The summed E-state index contributed by atoms with van der Waals surface area (Å²) in [6, 6.07) is 11.7. The molecule has 3 heteroatoms. The number of hydrogen-bond acceptors (Lipinski definition) is 3. The fourth-order valence-electron chi connectivity index (χ4n) is 2.25. The maximum absolute atomic E-state index is 10.3. The summed E-state index contributed by atoms with van der Waals surface area (Å²) >= 11 is 0. The van der Waals surface area contributed by atoms with Crippen LogP contribution in [0, 0.1) is 6.92 Å². The molecule has 0 saturated carbocycles. The van der Waals surface area contributed by atoms with Gasteiger partial charge in [0.05, 0.1) is 0 Å². The van der Waals surface area contributed by atoms with Crippen LogP contribution in [0.1, 0.15) is 22.9 Å². The van der Waals surface area contributed by atoms with Crippen molar-refractivity contribution in [2.45, 2.75) is 25.6 Å². The Bertz CT molecular complexity index is 526. The molecule has 1 aromatic heterocycles. The highest BCUT2D eigenvalue weighted by molar-refractivity contribution is 5.38. The minimum absolute atomic E-state index is 0.216. The van der Waals surface area contributed by atoms with E-state index in [1.54, 1.807) is 6.20 Å². The number of ether oxygens (including phenoxy) is 1. The number of aliphatic hydroxyl groups is 1. The zero-order valence-electron chi connectivity index (χ0n) is 10.2. The lowest BCUT2D eigenvalue weighted by atomic mass is 10.0. The van der Waals surface area contributed by atoms with Crippen LogP contribution in [0.5, 0.6) is 5.75 Å². The number of pyridine rings is 1. The number of fused-ring (bicyclic) bond motifs is 1. The van der Waals surface area contributed by atoms with Crippen molar-refractivity contribution in [2.24, 2.45) is 0 Å². The highest BCUT2D eigenvalue weighted by Gasteiger charge is 2.29. The van der Waals surface area contributed by atoms with Crippen LogP contribution >= 0.6 is 0 Å². The van der Waals surface area contributed by atoms with Gasteiger partial charge in [0.15, 0.2) is 0 Å².